The van der Waals surface area contributed by atoms with Gasteiger partial charge in [0.2, 0.25) is 0 Å². The standard InChI is InChI=1S/C35H54N2.Ni/c1-6-11-16-21-35(37-34-25-23-30(18-13-8-3)32(27-34)20-15-10-5)28-36-33-24-22-29(17-12-7-2)31(26-33)19-14-9-4;/h22-28H,6-21H2,1-5H3;/b36-28+,37-35+;. The van der Waals surface area contributed by atoms with Gasteiger partial charge in [0.05, 0.1) is 17.1 Å². The Hall–Kier alpha value is -1.73. The summed E-state index contributed by atoms with van der Waals surface area (Å²) in [6, 6.07) is 13.7. The van der Waals surface area contributed by atoms with Gasteiger partial charge < -0.3 is 0 Å². The second-order valence-electron chi connectivity index (χ2n) is 10.6. The Morgan fingerprint density at radius 1 is 0.553 bits per heavy atom. The summed E-state index contributed by atoms with van der Waals surface area (Å²) in [5.74, 6) is 0. The normalized spacial score (nSPS) is 11.8. The number of benzene rings is 2. The SMILES string of the molecule is CCCCCC(/C=N/c1ccc(CCCC)c(CCCC)c1)=N\c1ccc(CCCC)c(CCCC)c1.[Ni]. The zero-order chi connectivity index (χ0) is 26.7. The van der Waals surface area contributed by atoms with E-state index in [4.69, 9.17) is 9.98 Å². The molecule has 0 aliphatic heterocycles. The van der Waals surface area contributed by atoms with Gasteiger partial charge in [-0.2, -0.15) is 0 Å². The smallest absolute Gasteiger partial charge is 0.0636 e. The van der Waals surface area contributed by atoms with Gasteiger partial charge in [-0.05, 0) is 111 Å². The quantitative estimate of drug-likeness (QED) is 0.0926. The van der Waals surface area contributed by atoms with E-state index in [0.29, 0.717) is 0 Å². The van der Waals surface area contributed by atoms with Crippen LogP contribution in [0.4, 0.5) is 11.4 Å². The van der Waals surface area contributed by atoms with Crippen LogP contribution in [0.2, 0.25) is 0 Å². The van der Waals surface area contributed by atoms with Crippen molar-refractivity contribution in [1.82, 2.24) is 0 Å². The van der Waals surface area contributed by atoms with Gasteiger partial charge in [0.25, 0.3) is 0 Å². The molecule has 38 heavy (non-hydrogen) atoms. The average Bonchev–Trinajstić information content (AvgIpc) is 2.92. The number of nitrogens with zero attached hydrogens (tertiary/aromatic N) is 2. The van der Waals surface area contributed by atoms with Gasteiger partial charge in [-0.3, -0.25) is 9.98 Å². The topological polar surface area (TPSA) is 24.7 Å². The van der Waals surface area contributed by atoms with Crippen LogP contribution in [0, 0.1) is 0 Å². The molecular weight excluding hydrogens is 507 g/mol. The van der Waals surface area contributed by atoms with E-state index in [-0.39, 0.29) is 16.5 Å². The number of unbranched alkanes of at least 4 members (excludes halogenated alkanes) is 6. The fourth-order valence-electron chi connectivity index (χ4n) is 4.82. The monoisotopic (exact) mass is 560 g/mol. The summed E-state index contributed by atoms with van der Waals surface area (Å²) in [6.45, 7) is 11.4. The van der Waals surface area contributed by atoms with Crippen molar-refractivity contribution in [3.05, 3.63) is 58.7 Å². The summed E-state index contributed by atoms with van der Waals surface area (Å²) in [4.78, 5) is 10.1. The van der Waals surface area contributed by atoms with Gasteiger partial charge in [0.15, 0.2) is 0 Å². The minimum Gasteiger partial charge on any atom is -0.255 e. The van der Waals surface area contributed by atoms with Crippen LogP contribution in [0.25, 0.3) is 0 Å². The molecule has 0 aromatic heterocycles. The number of aliphatic imine (C=N–C) groups is 2. The van der Waals surface area contributed by atoms with Gasteiger partial charge in [-0.25, -0.2) is 0 Å². The van der Waals surface area contributed by atoms with E-state index in [0.717, 1.165) is 42.8 Å². The minimum atomic E-state index is 0. The first-order valence-corrected chi connectivity index (χ1v) is 15.5. The maximum Gasteiger partial charge on any atom is 0.0636 e. The van der Waals surface area contributed by atoms with Gasteiger partial charge in [0.1, 0.15) is 0 Å². The third-order valence-corrected chi connectivity index (χ3v) is 7.25. The van der Waals surface area contributed by atoms with E-state index >= 15 is 0 Å². The van der Waals surface area contributed by atoms with Gasteiger partial charge in [0, 0.05) is 22.7 Å². The molecule has 2 nitrogen and oxygen atoms in total. The molecule has 0 heterocycles. The molecule has 2 aromatic carbocycles. The first kappa shape index (κ1) is 34.3. The summed E-state index contributed by atoms with van der Waals surface area (Å²) >= 11 is 0. The molecule has 0 unspecified atom stereocenters. The Labute approximate surface area is 245 Å². The summed E-state index contributed by atoms with van der Waals surface area (Å²) in [7, 11) is 0. The molecule has 0 bridgehead atoms. The second kappa shape index (κ2) is 21.1. The molecular formula is C35H54N2Ni. The Morgan fingerprint density at radius 3 is 1.50 bits per heavy atom. The number of hydrogen-bond acceptors (Lipinski definition) is 2. The molecule has 0 saturated heterocycles. The molecule has 0 aliphatic carbocycles. The first-order valence-electron chi connectivity index (χ1n) is 15.5. The van der Waals surface area contributed by atoms with Crippen molar-refractivity contribution in [2.24, 2.45) is 9.98 Å². The Bertz CT molecular complexity index is 960. The van der Waals surface area contributed by atoms with Crippen molar-refractivity contribution in [2.75, 3.05) is 0 Å². The van der Waals surface area contributed by atoms with E-state index in [1.54, 1.807) is 0 Å². The van der Waals surface area contributed by atoms with Crippen LogP contribution in [0.1, 0.15) is 134 Å². The van der Waals surface area contributed by atoms with Gasteiger partial charge >= 0.3 is 0 Å². The zero-order valence-electron chi connectivity index (χ0n) is 25.1. The van der Waals surface area contributed by atoms with Crippen LogP contribution < -0.4 is 0 Å². The zero-order valence-corrected chi connectivity index (χ0v) is 26.1. The van der Waals surface area contributed by atoms with Crippen molar-refractivity contribution in [1.29, 1.82) is 0 Å². The average molecular weight is 562 g/mol. The van der Waals surface area contributed by atoms with Crippen molar-refractivity contribution in [3.8, 4) is 0 Å². The number of rotatable bonds is 19. The molecule has 0 fully saturated rings. The van der Waals surface area contributed by atoms with E-state index in [2.05, 4.69) is 71.0 Å². The van der Waals surface area contributed by atoms with Crippen LogP contribution in [-0.2, 0) is 42.2 Å². The van der Waals surface area contributed by atoms with Gasteiger partial charge in [-0.1, -0.05) is 85.3 Å². The largest absolute Gasteiger partial charge is 0.255 e. The fourth-order valence-corrected chi connectivity index (χ4v) is 4.82. The molecule has 2 aromatic rings. The number of hydrogen-bond donors (Lipinski definition) is 0. The molecule has 0 atom stereocenters. The maximum absolute atomic E-state index is 5.13. The van der Waals surface area contributed by atoms with Crippen molar-refractivity contribution in [2.45, 2.75) is 137 Å². The third kappa shape index (κ3) is 12.9. The molecule has 0 spiro atoms. The molecule has 214 valence electrons. The molecule has 0 saturated carbocycles. The predicted molar refractivity (Wildman–Crippen MR) is 167 cm³/mol. The third-order valence-electron chi connectivity index (χ3n) is 7.25. The van der Waals surface area contributed by atoms with E-state index in [9.17, 15) is 0 Å². The Balaban J connectivity index is 0.00000722. The van der Waals surface area contributed by atoms with Crippen molar-refractivity contribution in [3.63, 3.8) is 0 Å². The predicted octanol–water partition coefficient (Wildman–Crippen LogP) is 11.1. The molecule has 0 N–H and O–H groups in total. The van der Waals surface area contributed by atoms with Crippen LogP contribution in [-0.4, -0.2) is 11.9 Å². The molecule has 0 aliphatic rings. The molecule has 0 amide bonds. The van der Waals surface area contributed by atoms with E-state index < -0.39 is 0 Å². The maximum atomic E-state index is 5.13. The van der Waals surface area contributed by atoms with E-state index in [1.165, 1.54) is 99.3 Å². The minimum absolute atomic E-state index is 0. The fraction of sp³-hybridized carbons (Fsp3) is 0.600. The summed E-state index contributed by atoms with van der Waals surface area (Å²) in [6.07, 6.45) is 21.2. The number of aryl methyl sites for hydroxylation is 4. The van der Waals surface area contributed by atoms with Crippen LogP contribution in [0.5, 0.6) is 0 Å². The molecule has 2 rings (SSSR count). The molecule has 3 heteroatoms. The second-order valence-corrected chi connectivity index (χ2v) is 10.6. The molecule has 0 radical (unpaired) electrons. The van der Waals surface area contributed by atoms with Gasteiger partial charge in [-0.15, -0.1) is 0 Å². The Kier molecular flexibility index (Phi) is 19.1. The Morgan fingerprint density at radius 2 is 1.00 bits per heavy atom. The van der Waals surface area contributed by atoms with Crippen molar-refractivity contribution >= 4 is 23.3 Å². The van der Waals surface area contributed by atoms with Crippen LogP contribution in [0.15, 0.2) is 46.4 Å². The summed E-state index contributed by atoms with van der Waals surface area (Å²) in [5.41, 5.74) is 9.24. The first-order chi connectivity index (χ1) is 18.1. The van der Waals surface area contributed by atoms with Crippen LogP contribution in [0.3, 0.4) is 0 Å². The van der Waals surface area contributed by atoms with Crippen LogP contribution >= 0.6 is 0 Å². The van der Waals surface area contributed by atoms with E-state index in [1.807, 2.05) is 6.21 Å². The van der Waals surface area contributed by atoms with Crippen molar-refractivity contribution < 1.29 is 16.5 Å². The summed E-state index contributed by atoms with van der Waals surface area (Å²) in [5, 5.41) is 0. The summed E-state index contributed by atoms with van der Waals surface area (Å²) < 4.78 is 0.